The predicted octanol–water partition coefficient (Wildman–Crippen LogP) is 1.24. The molecule has 0 spiro atoms. The fourth-order valence-corrected chi connectivity index (χ4v) is 2.02. The Bertz CT molecular complexity index is 353. The van der Waals surface area contributed by atoms with Crippen molar-refractivity contribution in [3.8, 4) is 0 Å². The molecule has 0 aromatic carbocycles. The summed E-state index contributed by atoms with van der Waals surface area (Å²) in [6, 6.07) is 5.69. The maximum atomic E-state index is 10.9. The Balaban J connectivity index is 2.13. The van der Waals surface area contributed by atoms with E-state index in [1.807, 2.05) is 30.0 Å². The van der Waals surface area contributed by atoms with Crippen LogP contribution in [-0.4, -0.2) is 29.1 Å². The average molecular weight is 206 g/mol. The molecule has 4 nitrogen and oxygen atoms in total. The summed E-state index contributed by atoms with van der Waals surface area (Å²) in [5.41, 5.74) is 0. The van der Waals surface area contributed by atoms with Crippen LogP contribution in [0, 0.1) is 11.8 Å². The first-order valence-electron chi connectivity index (χ1n) is 5.07. The maximum absolute atomic E-state index is 10.9. The van der Waals surface area contributed by atoms with E-state index in [9.17, 15) is 4.79 Å². The number of hydrogen-bond donors (Lipinski definition) is 1. The van der Waals surface area contributed by atoms with Crippen molar-refractivity contribution in [2.75, 3.05) is 18.0 Å². The van der Waals surface area contributed by atoms with Crippen LogP contribution in [0.1, 0.15) is 6.92 Å². The summed E-state index contributed by atoms with van der Waals surface area (Å²) in [6.45, 7) is 3.31. The van der Waals surface area contributed by atoms with Gasteiger partial charge in [-0.1, -0.05) is 13.0 Å². The lowest BCUT2D eigenvalue weighted by atomic mass is 9.99. The van der Waals surface area contributed by atoms with Crippen molar-refractivity contribution in [2.24, 2.45) is 11.8 Å². The molecule has 1 aliphatic heterocycles. The minimum absolute atomic E-state index is 0.185. The lowest BCUT2D eigenvalue weighted by Crippen LogP contribution is -2.23. The van der Waals surface area contributed by atoms with Gasteiger partial charge in [0.2, 0.25) is 0 Å². The number of anilines is 1. The first kappa shape index (κ1) is 9.96. The second-order valence-corrected chi connectivity index (χ2v) is 4.01. The molecule has 4 heteroatoms. The third kappa shape index (κ3) is 1.93. The highest BCUT2D eigenvalue weighted by Gasteiger charge is 2.35. The zero-order valence-corrected chi connectivity index (χ0v) is 8.63. The molecule has 1 fully saturated rings. The third-order valence-electron chi connectivity index (χ3n) is 2.90. The van der Waals surface area contributed by atoms with Gasteiger partial charge in [0.25, 0.3) is 0 Å². The molecule has 2 atom stereocenters. The normalized spacial score (nSPS) is 25.5. The van der Waals surface area contributed by atoms with E-state index in [0.717, 1.165) is 12.4 Å². The highest BCUT2D eigenvalue weighted by Crippen LogP contribution is 2.26. The van der Waals surface area contributed by atoms with E-state index in [-0.39, 0.29) is 11.8 Å². The Labute approximate surface area is 88.6 Å². The minimum Gasteiger partial charge on any atom is -0.481 e. The van der Waals surface area contributed by atoms with Crippen molar-refractivity contribution in [3.05, 3.63) is 24.4 Å². The molecule has 1 aliphatic rings. The van der Waals surface area contributed by atoms with Crippen LogP contribution >= 0.6 is 0 Å². The number of carboxylic acid groups (broad SMARTS) is 1. The van der Waals surface area contributed by atoms with Crippen molar-refractivity contribution < 1.29 is 9.90 Å². The van der Waals surface area contributed by atoms with Gasteiger partial charge in [0.15, 0.2) is 0 Å². The number of aromatic nitrogens is 1. The lowest BCUT2D eigenvalue weighted by Gasteiger charge is -2.16. The summed E-state index contributed by atoms with van der Waals surface area (Å²) >= 11 is 0. The van der Waals surface area contributed by atoms with E-state index in [0.29, 0.717) is 6.54 Å². The van der Waals surface area contributed by atoms with E-state index >= 15 is 0 Å². The molecule has 1 aromatic heterocycles. The van der Waals surface area contributed by atoms with Gasteiger partial charge in [-0.3, -0.25) is 4.79 Å². The first-order chi connectivity index (χ1) is 7.18. The number of carboxylic acids is 1. The number of aliphatic carboxylic acids is 1. The van der Waals surface area contributed by atoms with Crippen LogP contribution in [0.3, 0.4) is 0 Å². The SMILES string of the molecule is C[C@H]1CN(c2ccccn2)C[C@@H]1C(=O)O. The summed E-state index contributed by atoms with van der Waals surface area (Å²) in [4.78, 5) is 17.2. The Hall–Kier alpha value is -1.58. The largest absolute Gasteiger partial charge is 0.481 e. The van der Waals surface area contributed by atoms with Gasteiger partial charge in [0.1, 0.15) is 5.82 Å². The van der Waals surface area contributed by atoms with Crippen molar-refractivity contribution in [2.45, 2.75) is 6.92 Å². The minimum atomic E-state index is -0.707. The molecule has 0 bridgehead atoms. The van der Waals surface area contributed by atoms with Gasteiger partial charge < -0.3 is 10.0 Å². The smallest absolute Gasteiger partial charge is 0.308 e. The Morgan fingerprint density at radius 1 is 1.53 bits per heavy atom. The van der Waals surface area contributed by atoms with Crippen LogP contribution in [-0.2, 0) is 4.79 Å². The van der Waals surface area contributed by atoms with Crippen molar-refractivity contribution in [1.29, 1.82) is 0 Å². The molecule has 15 heavy (non-hydrogen) atoms. The monoisotopic (exact) mass is 206 g/mol. The third-order valence-corrected chi connectivity index (χ3v) is 2.90. The number of carbonyl (C=O) groups is 1. The molecule has 80 valence electrons. The number of rotatable bonds is 2. The number of pyridine rings is 1. The van der Waals surface area contributed by atoms with E-state index in [1.165, 1.54) is 0 Å². The Kier molecular flexibility index (Phi) is 2.58. The molecule has 2 heterocycles. The van der Waals surface area contributed by atoms with Gasteiger partial charge >= 0.3 is 5.97 Å². The molecule has 0 aliphatic carbocycles. The highest BCUT2D eigenvalue weighted by molar-refractivity contribution is 5.72. The summed E-state index contributed by atoms with van der Waals surface area (Å²) < 4.78 is 0. The van der Waals surface area contributed by atoms with Crippen LogP contribution in [0.4, 0.5) is 5.82 Å². The molecular weight excluding hydrogens is 192 g/mol. The topological polar surface area (TPSA) is 53.4 Å². The average Bonchev–Trinajstić information content (AvgIpc) is 2.62. The van der Waals surface area contributed by atoms with Gasteiger partial charge in [0, 0.05) is 19.3 Å². The summed E-state index contributed by atoms with van der Waals surface area (Å²) in [7, 11) is 0. The number of hydrogen-bond acceptors (Lipinski definition) is 3. The van der Waals surface area contributed by atoms with Gasteiger partial charge in [-0.25, -0.2) is 4.98 Å². The van der Waals surface area contributed by atoms with Crippen molar-refractivity contribution in [1.82, 2.24) is 4.98 Å². The van der Waals surface area contributed by atoms with Crippen molar-refractivity contribution >= 4 is 11.8 Å². The van der Waals surface area contributed by atoms with Crippen molar-refractivity contribution in [3.63, 3.8) is 0 Å². The maximum Gasteiger partial charge on any atom is 0.308 e. The number of nitrogens with zero attached hydrogens (tertiary/aromatic N) is 2. The first-order valence-corrected chi connectivity index (χ1v) is 5.07. The zero-order chi connectivity index (χ0) is 10.8. The van der Waals surface area contributed by atoms with Gasteiger partial charge in [-0.15, -0.1) is 0 Å². The van der Waals surface area contributed by atoms with Crippen LogP contribution < -0.4 is 4.90 Å². The Morgan fingerprint density at radius 3 is 2.87 bits per heavy atom. The predicted molar refractivity (Wildman–Crippen MR) is 56.7 cm³/mol. The highest BCUT2D eigenvalue weighted by atomic mass is 16.4. The van der Waals surface area contributed by atoms with Crippen LogP contribution in [0.15, 0.2) is 24.4 Å². The van der Waals surface area contributed by atoms with Crippen LogP contribution in [0.5, 0.6) is 0 Å². The van der Waals surface area contributed by atoms with Crippen LogP contribution in [0.2, 0.25) is 0 Å². The second-order valence-electron chi connectivity index (χ2n) is 4.01. The second kappa shape index (κ2) is 3.88. The zero-order valence-electron chi connectivity index (χ0n) is 8.63. The van der Waals surface area contributed by atoms with Gasteiger partial charge in [-0.05, 0) is 18.1 Å². The molecule has 1 aromatic rings. The fraction of sp³-hybridized carbons (Fsp3) is 0.455. The summed E-state index contributed by atoms with van der Waals surface area (Å²) in [5.74, 6) is 0.0746. The van der Waals surface area contributed by atoms with E-state index in [4.69, 9.17) is 5.11 Å². The molecule has 0 unspecified atom stereocenters. The van der Waals surface area contributed by atoms with E-state index < -0.39 is 5.97 Å². The molecular formula is C11H14N2O2. The van der Waals surface area contributed by atoms with Gasteiger partial charge in [-0.2, -0.15) is 0 Å². The summed E-state index contributed by atoms with van der Waals surface area (Å²) in [6.07, 6.45) is 1.73. The van der Waals surface area contributed by atoms with E-state index in [2.05, 4.69) is 4.98 Å². The van der Waals surface area contributed by atoms with Crippen LogP contribution in [0.25, 0.3) is 0 Å². The molecule has 1 N–H and O–H groups in total. The molecule has 0 amide bonds. The Morgan fingerprint density at radius 2 is 2.33 bits per heavy atom. The molecule has 1 saturated heterocycles. The van der Waals surface area contributed by atoms with Gasteiger partial charge in [0.05, 0.1) is 5.92 Å². The van der Waals surface area contributed by atoms with E-state index in [1.54, 1.807) is 6.20 Å². The molecule has 0 radical (unpaired) electrons. The standard InChI is InChI=1S/C11H14N2O2/c1-8-6-13(7-9(8)11(14)15)10-4-2-3-5-12-10/h2-5,8-9H,6-7H2,1H3,(H,14,15)/t8-,9-/m0/s1. The quantitative estimate of drug-likeness (QED) is 0.791. The lowest BCUT2D eigenvalue weighted by molar-refractivity contribution is -0.142. The molecule has 2 rings (SSSR count). The fourth-order valence-electron chi connectivity index (χ4n) is 2.02. The summed E-state index contributed by atoms with van der Waals surface area (Å²) in [5, 5.41) is 9.00. The molecule has 0 saturated carbocycles.